The lowest BCUT2D eigenvalue weighted by molar-refractivity contribution is 0.145. The number of hydrogen-bond donors (Lipinski definition) is 1. The lowest BCUT2D eigenvalue weighted by Gasteiger charge is -2.08. The van der Waals surface area contributed by atoms with E-state index in [9.17, 15) is 4.79 Å². The topological polar surface area (TPSA) is 53.4 Å². The molecule has 0 atom stereocenters. The van der Waals surface area contributed by atoms with Crippen LogP contribution in [0.3, 0.4) is 0 Å². The SMILES string of the molecule is O=C(O)N1Cc2ccc(-c3nccs3)cc2C1. The molecular formula is C12H10N2O2S. The van der Waals surface area contributed by atoms with Crippen molar-refractivity contribution in [1.82, 2.24) is 9.88 Å². The summed E-state index contributed by atoms with van der Waals surface area (Å²) in [7, 11) is 0. The van der Waals surface area contributed by atoms with Crippen molar-refractivity contribution in [3.05, 3.63) is 40.9 Å². The zero-order valence-electron chi connectivity index (χ0n) is 8.96. The molecule has 1 aromatic carbocycles. The van der Waals surface area contributed by atoms with Gasteiger partial charge >= 0.3 is 6.09 Å². The number of fused-ring (bicyclic) bond motifs is 1. The van der Waals surface area contributed by atoms with Crippen LogP contribution in [0, 0.1) is 0 Å². The van der Waals surface area contributed by atoms with Crippen LogP contribution in [0.5, 0.6) is 0 Å². The first-order valence-electron chi connectivity index (χ1n) is 5.23. The molecule has 17 heavy (non-hydrogen) atoms. The van der Waals surface area contributed by atoms with Crippen LogP contribution >= 0.6 is 11.3 Å². The van der Waals surface area contributed by atoms with E-state index in [1.54, 1.807) is 17.5 Å². The van der Waals surface area contributed by atoms with E-state index < -0.39 is 6.09 Å². The molecule has 2 heterocycles. The number of benzene rings is 1. The van der Waals surface area contributed by atoms with E-state index in [1.807, 2.05) is 23.6 Å². The monoisotopic (exact) mass is 246 g/mol. The van der Waals surface area contributed by atoms with E-state index in [-0.39, 0.29) is 0 Å². The second-order valence-electron chi connectivity index (χ2n) is 3.96. The molecule has 1 aliphatic heterocycles. The van der Waals surface area contributed by atoms with Gasteiger partial charge in [-0.15, -0.1) is 11.3 Å². The molecule has 0 aliphatic carbocycles. The Morgan fingerprint density at radius 2 is 2.18 bits per heavy atom. The summed E-state index contributed by atoms with van der Waals surface area (Å²) in [5.41, 5.74) is 3.23. The molecule has 1 amide bonds. The van der Waals surface area contributed by atoms with Gasteiger partial charge in [-0.3, -0.25) is 4.90 Å². The molecule has 86 valence electrons. The Bertz CT molecular complexity index is 566. The molecule has 0 saturated heterocycles. The first kappa shape index (κ1) is 10.3. The molecule has 3 rings (SSSR count). The molecule has 0 bridgehead atoms. The molecule has 2 aromatic rings. The summed E-state index contributed by atoms with van der Waals surface area (Å²) >= 11 is 1.59. The van der Waals surface area contributed by atoms with Crippen molar-refractivity contribution in [3.8, 4) is 10.6 Å². The van der Waals surface area contributed by atoms with Gasteiger partial charge in [0, 0.05) is 30.2 Å². The van der Waals surface area contributed by atoms with Gasteiger partial charge in [-0.1, -0.05) is 12.1 Å². The van der Waals surface area contributed by atoms with Crippen molar-refractivity contribution in [2.75, 3.05) is 0 Å². The van der Waals surface area contributed by atoms with Crippen LogP contribution < -0.4 is 0 Å². The number of thiazole rings is 1. The molecule has 1 N–H and O–H groups in total. The summed E-state index contributed by atoms with van der Waals surface area (Å²) < 4.78 is 0. The minimum absolute atomic E-state index is 0.476. The second-order valence-corrected chi connectivity index (χ2v) is 4.85. The number of aromatic nitrogens is 1. The van der Waals surface area contributed by atoms with E-state index >= 15 is 0 Å². The number of amides is 1. The van der Waals surface area contributed by atoms with Gasteiger partial charge in [0.1, 0.15) is 5.01 Å². The third-order valence-electron chi connectivity index (χ3n) is 2.88. The summed E-state index contributed by atoms with van der Waals surface area (Å²) in [4.78, 5) is 16.6. The molecule has 5 heteroatoms. The number of hydrogen-bond acceptors (Lipinski definition) is 3. The minimum Gasteiger partial charge on any atom is -0.465 e. The lowest BCUT2D eigenvalue weighted by Crippen LogP contribution is -2.22. The van der Waals surface area contributed by atoms with Crippen LogP contribution in [0.25, 0.3) is 10.6 Å². The van der Waals surface area contributed by atoms with Gasteiger partial charge in [-0.25, -0.2) is 9.78 Å². The van der Waals surface area contributed by atoms with Gasteiger partial charge in [0.15, 0.2) is 0 Å². The average Bonchev–Trinajstić information content (AvgIpc) is 2.97. The summed E-state index contributed by atoms with van der Waals surface area (Å²) in [5, 5.41) is 11.9. The molecule has 0 unspecified atom stereocenters. The normalized spacial score (nSPS) is 13.8. The molecule has 0 fully saturated rings. The fraction of sp³-hybridized carbons (Fsp3) is 0.167. The largest absolute Gasteiger partial charge is 0.465 e. The van der Waals surface area contributed by atoms with Crippen LogP contribution in [-0.2, 0) is 13.1 Å². The number of rotatable bonds is 1. The fourth-order valence-electron chi connectivity index (χ4n) is 2.03. The Kier molecular flexibility index (Phi) is 2.33. The zero-order chi connectivity index (χ0) is 11.8. The van der Waals surface area contributed by atoms with Gasteiger partial charge in [0.25, 0.3) is 0 Å². The van der Waals surface area contributed by atoms with E-state index in [1.165, 1.54) is 4.90 Å². The second kappa shape index (κ2) is 3.85. The first-order chi connectivity index (χ1) is 8.24. The third kappa shape index (κ3) is 1.78. The lowest BCUT2D eigenvalue weighted by atomic mass is 10.1. The van der Waals surface area contributed by atoms with Gasteiger partial charge in [0.2, 0.25) is 0 Å². The number of carbonyl (C=O) groups is 1. The Morgan fingerprint density at radius 3 is 2.88 bits per heavy atom. The van der Waals surface area contributed by atoms with E-state index in [0.29, 0.717) is 13.1 Å². The maximum absolute atomic E-state index is 10.9. The van der Waals surface area contributed by atoms with E-state index in [0.717, 1.165) is 21.7 Å². The summed E-state index contributed by atoms with van der Waals surface area (Å²) in [6.45, 7) is 0.965. The number of nitrogens with zero attached hydrogens (tertiary/aromatic N) is 2. The van der Waals surface area contributed by atoms with Crippen LogP contribution in [0.15, 0.2) is 29.8 Å². The van der Waals surface area contributed by atoms with Crippen molar-refractivity contribution in [2.45, 2.75) is 13.1 Å². The van der Waals surface area contributed by atoms with Crippen molar-refractivity contribution >= 4 is 17.4 Å². The Balaban J connectivity index is 1.95. The van der Waals surface area contributed by atoms with Gasteiger partial charge in [0.05, 0.1) is 0 Å². The highest BCUT2D eigenvalue weighted by atomic mass is 32.1. The van der Waals surface area contributed by atoms with E-state index in [4.69, 9.17) is 5.11 Å². The van der Waals surface area contributed by atoms with Gasteiger partial charge in [-0.05, 0) is 17.2 Å². The fourth-order valence-corrected chi connectivity index (χ4v) is 2.66. The number of carboxylic acid groups (broad SMARTS) is 1. The first-order valence-corrected chi connectivity index (χ1v) is 6.11. The van der Waals surface area contributed by atoms with Crippen molar-refractivity contribution in [2.24, 2.45) is 0 Å². The molecule has 0 saturated carbocycles. The highest BCUT2D eigenvalue weighted by Gasteiger charge is 2.23. The maximum Gasteiger partial charge on any atom is 0.407 e. The Labute approximate surface area is 102 Å². The maximum atomic E-state index is 10.9. The van der Waals surface area contributed by atoms with Crippen LogP contribution in [0.1, 0.15) is 11.1 Å². The van der Waals surface area contributed by atoms with Crippen LogP contribution in [0.4, 0.5) is 4.79 Å². The Hall–Kier alpha value is -1.88. The van der Waals surface area contributed by atoms with E-state index in [2.05, 4.69) is 4.98 Å². The van der Waals surface area contributed by atoms with Crippen molar-refractivity contribution in [1.29, 1.82) is 0 Å². The molecule has 1 aromatic heterocycles. The smallest absolute Gasteiger partial charge is 0.407 e. The van der Waals surface area contributed by atoms with Crippen LogP contribution in [0.2, 0.25) is 0 Å². The third-order valence-corrected chi connectivity index (χ3v) is 3.70. The molecular weight excluding hydrogens is 236 g/mol. The molecule has 4 nitrogen and oxygen atoms in total. The predicted molar refractivity (Wildman–Crippen MR) is 64.8 cm³/mol. The molecule has 1 aliphatic rings. The van der Waals surface area contributed by atoms with Crippen molar-refractivity contribution < 1.29 is 9.90 Å². The standard InChI is InChI=1S/C12H10N2O2S/c15-12(16)14-6-9-2-1-8(5-10(9)7-14)11-13-3-4-17-11/h1-5H,6-7H2,(H,15,16). The average molecular weight is 246 g/mol. The summed E-state index contributed by atoms with van der Waals surface area (Å²) in [6, 6.07) is 6.04. The molecule has 0 radical (unpaired) electrons. The predicted octanol–water partition coefficient (Wildman–Crippen LogP) is 2.80. The highest BCUT2D eigenvalue weighted by molar-refractivity contribution is 7.13. The van der Waals surface area contributed by atoms with Gasteiger partial charge in [-0.2, -0.15) is 0 Å². The molecule has 0 spiro atoms. The minimum atomic E-state index is -0.864. The summed E-state index contributed by atoms with van der Waals surface area (Å²) in [5.74, 6) is 0. The van der Waals surface area contributed by atoms with Gasteiger partial charge < -0.3 is 5.11 Å². The zero-order valence-corrected chi connectivity index (χ0v) is 9.78. The quantitative estimate of drug-likeness (QED) is 0.841. The Morgan fingerprint density at radius 1 is 1.35 bits per heavy atom. The van der Waals surface area contributed by atoms with Crippen molar-refractivity contribution in [3.63, 3.8) is 0 Å². The highest BCUT2D eigenvalue weighted by Crippen LogP contribution is 2.29. The van der Waals surface area contributed by atoms with Crippen LogP contribution in [-0.4, -0.2) is 21.1 Å². The summed E-state index contributed by atoms with van der Waals surface area (Å²) in [6.07, 6.45) is 0.911.